The normalized spacial score (nSPS) is 20.9. The highest BCUT2D eigenvalue weighted by Crippen LogP contribution is 2.24. The highest BCUT2D eigenvalue weighted by atomic mass is 16.6. The van der Waals surface area contributed by atoms with Crippen LogP contribution in [0.15, 0.2) is 24.5 Å². The summed E-state index contributed by atoms with van der Waals surface area (Å²) in [6.07, 6.45) is 9.25. The molecule has 0 saturated carbocycles. The molecule has 3 aliphatic heterocycles. The molecule has 8 atom stereocenters. The Morgan fingerprint density at radius 3 is 1.31 bits per heavy atom. The molecular weight excluding hydrogens is 1180 g/mol. The van der Waals surface area contributed by atoms with Crippen molar-refractivity contribution in [1.29, 1.82) is 0 Å². The number of aromatic nitrogens is 6. The molecule has 0 aliphatic carbocycles. The molecule has 2 saturated heterocycles. The highest BCUT2D eigenvalue weighted by molar-refractivity contribution is 6.12. The summed E-state index contributed by atoms with van der Waals surface area (Å²) in [5.41, 5.74) is 1.31. The summed E-state index contributed by atoms with van der Waals surface area (Å²) >= 11 is 0. The van der Waals surface area contributed by atoms with Crippen molar-refractivity contribution >= 4 is 35.4 Å². The predicted molar refractivity (Wildman–Crippen MR) is 319 cm³/mol. The maximum Gasteiger partial charge on any atom is 0.253 e. The first-order valence-electron chi connectivity index (χ1n) is 31.8. The van der Waals surface area contributed by atoms with Crippen molar-refractivity contribution in [2.45, 2.75) is 184 Å². The van der Waals surface area contributed by atoms with Crippen LogP contribution in [-0.4, -0.2) is 275 Å². The maximum absolute atomic E-state index is 13.1. The standard InChI is InChI=1S/C59H99N11O20/c71-41-50-58(81)48(73)37-46(89-50)35-44-39-68(66-64-44)21-25-85-29-33-87-31-27-83-23-18-61-53(76)13-11-43(63-55(78)10-8-6-4-2-1-3-5-7-9-52(75)60-17-20-70-56(79)15-16-57(70)80)12-14-54(77)62-19-24-84-28-32-88-34-30-86-26-22-69-40-45(65-67-69)36-47-38-49(74)59(82)51(42-72)90-47/h15-16,39-40,43,46-51,58-59,71-74,81-82H,1-14,17-38,41-42H2,(H,60,75)(H,61,76)(H,62,77)(H,63,78)/t46-,47-,48-,49-,50-,51-,58-,59-/m1/s1. The van der Waals surface area contributed by atoms with Crippen molar-refractivity contribution in [1.82, 2.24) is 56.2 Å². The Bertz CT molecular complexity index is 2260. The summed E-state index contributed by atoms with van der Waals surface area (Å²) in [7, 11) is 0. The van der Waals surface area contributed by atoms with Crippen LogP contribution in [0.3, 0.4) is 0 Å². The van der Waals surface area contributed by atoms with Crippen LogP contribution in [0.2, 0.25) is 0 Å². The molecule has 3 aliphatic rings. The van der Waals surface area contributed by atoms with Crippen molar-refractivity contribution in [2.75, 3.05) is 119 Å². The van der Waals surface area contributed by atoms with E-state index >= 15 is 0 Å². The van der Waals surface area contributed by atoms with Gasteiger partial charge in [0.15, 0.2) is 0 Å². The maximum atomic E-state index is 13.1. The second-order valence-electron chi connectivity index (χ2n) is 22.5. The number of rotatable bonds is 51. The monoisotopic (exact) mass is 1280 g/mol. The predicted octanol–water partition coefficient (Wildman–Crippen LogP) is -2.28. The van der Waals surface area contributed by atoms with Gasteiger partial charge in [-0.05, 0) is 25.7 Å². The van der Waals surface area contributed by atoms with Crippen LogP contribution in [0, 0.1) is 0 Å². The molecule has 6 amide bonds. The number of unbranched alkanes of at least 4 members (excludes halogenated alkanes) is 7. The van der Waals surface area contributed by atoms with Crippen LogP contribution < -0.4 is 21.3 Å². The number of imide groups is 1. The lowest BCUT2D eigenvalue weighted by atomic mass is 9.96. The number of carbonyl (C=O) groups excluding carboxylic acids is 6. The molecule has 31 heteroatoms. The molecule has 0 radical (unpaired) electrons. The number of hydrogen-bond acceptors (Lipinski definition) is 24. The number of nitrogens with zero attached hydrogens (tertiary/aromatic N) is 7. The first kappa shape index (κ1) is 75.2. The molecule has 0 unspecified atom stereocenters. The van der Waals surface area contributed by atoms with Gasteiger partial charge < -0.3 is 89.8 Å². The Balaban J connectivity index is 0.869. The summed E-state index contributed by atoms with van der Waals surface area (Å²) in [5.74, 6) is -1.41. The summed E-state index contributed by atoms with van der Waals surface area (Å²) in [6.45, 7) is 5.07. The fourth-order valence-corrected chi connectivity index (χ4v) is 10.2. The van der Waals surface area contributed by atoms with Crippen molar-refractivity contribution in [3.8, 4) is 0 Å². The third-order valence-electron chi connectivity index (χ3n) is 15.2. The lowest BCUT2D eigenvalue weighted by Crippen LogP contribution is -2.50. The Kier molecular flexibility index (Phi) is 37.5. The minimum absolute atomic E-state index is 0.108. The van der Waals surface area contributed by atoms with Gasteiger partial charge in [0.05, 0.1) is 141 Å². The number of amides is 6. The van der Waals surface area contributed by atoms with E-state index in [1.165, 1.54) is 12.2 Å². The molecule has 2 aromatic rings. The fourth-order valence-electron chi connectivity index (χ4n) is 10.2. The molecule has 10 N–H and O–H groups in total. The van der Waals surface area contributed by atoms with Gasteiger partial charge in [0, 0.05) is 108 Å². The minimum Gasteiger partial charge on any atom is -0.394 e. The molecule has 0 bridgehead atoms. The molecule has 2 aromatic heterocycles. The van der Waals surface area contributed by atoms with E-state index in [9.17, 15) is 59.4 Å². The number of aliphatic hydroxyl groups excluding tert-OH is 6. The van der Waals surface area contributed by atoms with E-state index in [4.69, 9.17) is 37.9 Å². The average Bonchev–Trinajstić information content (AvgIpc) is 2.73. The van der Waals surface area contributed by atoms with E-state index in [-0.39, 0.29) is 101 Å². The van der Waals surface area contributed by atoms with Gasteiger partial charge in [-0.2, -0.15) is 0 Å². The number of carbonyl (C=O) groups is 6. The van der Waals surface area contributed by atoms with E-state index in [2.05, 4.69) is 41.9 Å². The zero-order valence-corrected chi connectivity index (χ0v) is 51.9. The van der Waals surface area contributed by atoms with Crippen molar-refractivity contribution in [2.24, 2.45) is 0 Å². The molecule has 510 valence electrons. The van der Waals surface area contributed by atoms with Gasteiger partial charge in [-0.1, -0.05) is 49.0 Å². The van der Waals surface area contributed by atoms with Gasteiger partial charge in [0.2, 0.25) is 23.6 Å². The molecule has 2 fully saturated rings. The fraction of sp³-hybridized carbons (Fsp3) is 0.797. The summed E-state index contributed by atoms with van der Waals surface area (Å²) in [6, 6.07) is -0.406. The second kappa shape index (κ2) is 44.9. The first-order chi connectivity index (χ1) is 43.7. The molecular formula is C59H99N11O20. The zero-order valence-electron chi connectivity index (χ0n) is 51.9. The van der Waals surface area contributed by atoms with Crippen LogP contribution in [0.4, 0.5) is 0 Å². The zero-order chi connectivity index (χ0) is 64.6. The van der Waals surface area contributed by atoms with E-state index in [0.717, 1.165) is 49.8 Å². The lowest BCUT2D eigenvalue weighted by molar-refractivity contribution is -0.179. The van der Waals surface area contributed by atoms with Gasteiger partial charge >= 0.3 is 0 Å². The number of hydrogen-bond donors (Lipinski definition) is 10. The van der Waals surface area contributed by atoms with Crippen LogP contribution in [0.1, 0.15) is 114 Å². The Labute approximate surface area is 525 Å². The molecule has 0 spiro atoms. The smallest absolute Gasteiger partial charge is 0.253 e. The van der Waals surface area contributed by atoms with Gasteiger partial charge in [-0.15, -0.1) is 10.2 Å². The van der Waals surface area contributed by atoms with E-state index in [1.54, 1.807) is 21.8 Å². The number of ether oxygens (including phenoxy) is 8. The third-order valence-corrected chi connectivity index (χ3v) is 15.2. The van der Waals surface area contributed by atoms with Crippen molar-refractivity contribution in [3.05, 3.63) is 35.9 Å². The molecule has 5 heterocycles. The van der Waals surface area contributed by atoms with E-state index in [1.807, 2.05) is 0 Å². The molecule has 31 nitrogen and oxygen atoms in total. The molecule has 90 heavy (non-hydrogen) atoms. The summed E-state index contributed by atoms with van der Waals surface area (Å²) in [5, 5.41) is 86.9. The van der Waals surface area contributed by atoms with Crippen LogP contribution in [0.5, 0.6) is 0 Å². The van der Waals surface area contributed by atoms with E-state index in [0.29, 0.717) is 135 Å². The lowest BCUT2D eigenvalue weighted by Gasteiger charge is -2.36. The Morgan fingerprint density at radius 1 is 0.500 bits per heavy atom. The van der Waals surface area contributed by atoms with E-state index < -0.39 is 68.1 Å². The van der Waals surface area contributed by atoms with Crippen LogP contribution >= 0.6 is 0 Å². The summed E-state index contributed by atoms with van der Waals surface area (Å²) in [4.78, 5) is 75.4. The average molecular weight is 1280 g/mol. The van der Waals surface area contributed by atoms with Crippen LogP contribution in [0.25, 0.3) is 0 Å². The SMILES string of the molecule is O=C(CCCCCCCCCCC(=O)NC(CCC(=O)NCCOCCOCCOCCn1cc(C[C@@H]2C[C@@H](O)[C@@H](O)[C@@H](CO)O2)nn1)CCC(=O)NCCOCCOCCOCCn1cc(C[C@@H]2C[C@@H](O)[C@@H](O)[C@@H](CO)O2)nn1)NCCN1C(=O)C=CC1=O. The van der Waals surface area contributed by atoms with Crippen molar-refractivity contribution in [3.63, 3.8) is 0 Å². The Morgan fingerprint density at radius 2 is 0.878 bits per heavy atom. The third kappa shape index (κ3) is 31.2. The largest absolute Gasteiger partial charge is 0.394 e. The Hall–Kier alpha value is -5.52. The number of aliphatic hydroxyl groups is 6. The van der Waals surface area contributed by atoms with Gasteiger partial charge in [0.1, 0.15) is 24.4 Å². The second-order valence-corrected chi connectivity index (χ2v) is 22.5. The van der Waals surface area contributed by atoms with Gasteiger partial charge in [0.25, 0.3) is 11.8 Å². The highest BCUT2D eigenvalue weighted by Gasteiger charge is 2.38. The molecule has 0 aromatic carbocycles. The van der Waals surface area contributed by atoms with Gasteiger partial charge in [-0.3, -0.25) is 33.7 Å². The minimum atomic E-state index is -1.13. The quantitative estimate of drug-likeness (QED) is 0.0246. The summed E-state index contributed by atoms with van der Waals surface area (Å²) < 4.78 is 48.3. The topological polar surface area (TPSA) is 410 Å². The molecule has 5 rings (SSSR count). The number of nitrogens with one attached hydrogen (secondary N) is 4. The van der Waals surface area contributed by atoms with Gasteiger partial charge in [-0.25, -0.2) is 9.36 Å². The first-order valence-corrected chi connectivity index (χ1v) is 31.8. The van der Waals surface area contributed by atoms with Crippen molar-refractivity contribution < 1.29 is 97.3 Å². The van der Waals surface area contributed by atoms with Crippen LogP contribution in [-0.2, 0) is 92.6 Å².